The largest absolute Gasteiger partial charge is 0.456 e. The third-order valence-electron chi connectivity index (χ3n) is 13.1. The molecule has 5 heterocycles. The Morgan fingerprint density at radius 3 is 1.16 bits per heavy atom. The molecule has 0 saturated heterocycles. The van der Waals surface area contributed by atoms with Crippen LogP contribution in [0.15, 0.2) is 179 Å². The summed E-state index contributed by atoms with van der Waals surface area (Å²) < 4.78 is 21.1. The van der Waals surface area contributed by atoms with E-state index in [1.165, 1.54) is 104 Å². The average Bonchev–Trinajstić information content (AvgIpc) is 4.12. The Kier molecular flexibility index (Phi) is 6.36. The van der Waals surface area contributed by atoms with Gasteiger partial charge in [0.05, 0.1) is 0 Å². The van der Waals surface area contributed by atoms with Crippen molar-refractivity contribution in [2.24, 2.45) is 0 Å². The van der Waals surface area contributed by atoms with Gasteiger partial charge in [-0.05, 0) is 93.3 Å². The van der Waals surface area contributed by atoms with Crippen LogP contribution in [-0.2, 0) is 0 Å². The van der Waals surface area contributed by atoms with E-state index in [0.29, 0.717) is 0 Å². The van der Waals surface area contributed by atoms with Crippen LogP contribution in [0.25, 0.3) is 148 Å². The predicted octanol–water partition coefficient (Wildman–Crippen LogP) is 18.2. The molecule has 15 rings (SSSR count). The van der Waals surface area contributed by atoms with Crippen LogP contribution in [0.3, 0.4) is 0 Å². The van der Waals surface area contributed by atoms with Crippen molar-refractivity contribution in [1.82, 2.24) is 0 Å². The van der Waals surface area contributed by atoms with Gasteiger partial charge < -0.3 is 8.83 Å². The summed E-state index contributed by atoms with van der Waals surface area (Å²) >= 11 is 5.69. The second kappa shape index (κ2) is 11.8. The number of thiophene rings is 3. The van der Waals surface area contributed by atoms with Crippen molar-refractivity contribution in [3.8, 4) is 22.3 Å². The van der Waals surface area contributed by atoms with Gasteiger partial charge in [-0.15, -0.1) is 34.0 Å². The van der Waals surface area contributed by atoms with Gasteiger partial charge in [-0.1, -0.05) is 109 Å². The lowest BCUT2D eigenvalue weighted by Gasteiger charge is -2.13. The molecule has 61 heavy (non-hydrogen) atoms. The fraction of sp³-hybridized carbons (Fsp3) is 0. The molecule has 0 saturated carbocycles. The highest BCUT2D eigenvalue weighted by Crippen LogP contribution is 2.52. The monoisotopic (exact) mass is 828 g/mol. The molecule has 0 bridgehead atoms. The van der Waals surface area contributed by atoms with E-state index in [1.807, 2.05) is 34.0 Å². The Morgan fingerprint density at radius 1 is 0.246 bits per heavy atom. The highest BCUT2D eigenvalue weighted by atomic mass is 32.1. The lowest BCUT2D eigenvalue weighted by Crippen LogP contribution is -1.86. The van der Waals surface area contributed by atoms with E-state index in [9.17, 15) is 0 Å². The molecule has 0 atom stereocenters. The molecule has 0 amide bonds. The summed E-state index contributed by atoms with van der Waals surface area (Å²) in [6.07, 6.45) is 0. The van der Waals surface area contributed by atoms with E-state index in [0.717, 1.165) is 43.9 Å². The van der Waals surface area contributed by atoms with Crippen LogP contribution < -0.4 is 0 Å². The third-order valence-corrected chi connectivity index (χ3v) is 16.6. The maximum Gasteiger partial charge on any atom is 0.136 e. The summed E-state index contributed by atoms with van der Waals surface area (Å²) in [7, 11) is 0. The van der Waals surface area contributed by atoms with Crippen molar-refractivity contribution < 1.29 is 8.83 Å². The fourth-order valence-electron chi connectivity index (χ4n) is 10.4. The van der Waals surface area contributed by atoms with Crippen LogP contribution in [0.4, 0.5) is 0 Å². The normalized spacial score (nSPS) is 12.6. The first kappa shape index (κ1) is 32.8. The van der Waals surface area contributed by atoms with Crippen molar-refractivity contribution in [2.75, 3.05) is 0 Å². The van der Waals surface area contributed by atoms with E-state index in [2.05, 4.69) is 170 Å². The molecule has 0 spiro atoms. The van der Waals surface area contributed by atoms with Gasteiger partial charge in [0.15, 0.2) is 0 Å². The van der Waals surface area contributed by atoms with E-state index < -0.39 is 0 Å². The van der Waals surface area contributed by atoms with Gasteiger partial charge in [0, 0.05) is 93.2 Å². The quantitative estimate of drug-likeness (QED) is 0.173. The van der Waals surface area contributed by atoms with Gasteiger partial charge in [0.25, 0.3) is 0 Å². The summed E-state index contributed by atoms with van der Waals surface area (Å²) in [4.78, 5) is 0. The number of benzene rings is 10. The minimum atomic E-state index is 0.909. The molecule has 0 N–H and O–H groups in total. The minimum Gasteiger partial charge on any atom is -0.456 e. The van der Waals surface area contributed by atoms with Gasteiger partial charge in [0.2, 0.25) is 0 Å². The van der Waals surface area contributed by atoms with E-state index >= 15 is 0 Å². The van der Waals surface area contributed by atoms with Crippen LogP contribution in [0, 0.1) is 0 Å². The second-order valence-electron chi connectivity index (χ2n) is 16.2. The molecule has 2 nitrogen and oxygen atoms in total. The molecule has 10 aromatic carbocycles. The topological polar surface area (TPSA) is 26.3 Å². The standard InChI is InChI=1S/C56H28O2S3/c1-5-19-45-29(11-1)41-23-43-37(25-47(41)57-45)39(35-17-9-15-33-31-13-3-7-21-49(31)60-55(33)35)27-51-53(43)54-44-24-42-30-12-2-6-20-46(30)58-48(42)26-38(44)40(28-52(54)59-51)36-18-10-16-34-32-14-4-8-22-50(32)61-56(34)36/h1-28H. The predicted molar refractivity (Wildman–Crippen MR) is 266 cm³/mol. The van der Waals surface area contributed by atoms with Crippen molar-refractivity contribution in [3.05, 3.63) is 170 Å². The molecule has 0 radical (unpaired) electrons. The molecule has 0 aliphatic rings. The van der Waals surface area contributed by atoms with E-state index in [1.54, 1.807) is 0 Å². The van der Waals surface area contributed by atoms with Crippen LogP contribution in [-0.4, -0.2) is 0 Å². The molecule has 15 aromatic rings. The maximum atomic E-state index is 6.64. The first-order valence-corrected chi connectivity index (χ1v) is 23.0. The summed E-state index contributed by atoms with van der Waals surface area (Å²) in [5.74, 6) is 0. The summed E-state index contributed by atoms with van der Waals surface area (Å²) in [6.45, 7) is 0. The molecule has 5 aromatic heterocycles. The van der Waals surface area contributed by atoms with Crippen LogP contribution >= 0.6 is 34.0 Å². The van der Waals surface area contributed by atoms with Crippen LogP contribution in [0.1, 0.15) is 0 Å². The molecule has 282 valence electrons. The summed E-state index contributed by atoms with van der Waals surface area (Å²) in [6, 6.07) is 62.6. The Labute approximate surface area is 358 Å². The molecule has 0 aliphatic heterocycles. The lowest BCUT2D eigenvalue weighted by atomic mass is 9.90. The van der Waals surface area contributed by atoms with Gasteiger partial charge in [-0.3, -0.25) is 0 Å². The van der Waals surface area contributed by atoms with Gasteiger partial charge >= 0.3 is 0 Å². The van der Waals surface area contributed by atoms with Gasteiger partial charge in [-0.2, -0.15) is 0 Å². The molecule has 0 fully saturated rings. The SMILES string of the molecule is c1ccc2c(c1)oc1cc3c(-c4cccc5c4sc4ccccc45)cc4sc5cc(-c6cccc7c6sc6ccccc67)c6cc7oc8ccccc8c7cc6c5c4c3cc12. The summed E-state index contributed by atoms with van der Waals surface area (Å²) in [5.41, 5.74) is 8.62. The van der Waals surface area contributed by atoms with Crippen molar-refractivity contribution in [3.63, 3.8) is 0 Å². The second-order valence-corrected chi connectivity index (χ2v) is 19.4. The average molecular weight is 829 g/mol. The molecule has 0 unspecified atom stereocenters. The summed E-state index contributed by atoms with van der Waals surface area (Å²) in [5, 5.41) is 17.2. The number of hydrogen-bond donors (Lipinski definition) is 0. The fourth-order valence-corrected chi connectivity index (χ4v) is 14.1. The van der Waals surface area contributed by atoms with E-state index in [4.69, 9.17) is 8.83 Å². The first-order valence-electron chi connectivity index (χ1n) is 20.6. The van der Waals surface area contributed by atoms with Crippen LogP contribution in [0.2, 0.25) is 0 Å². The number of fused-ring (bicyclic) bond motifs is 19. The smallest absolute Gasteiger partial charge is 0.136 e. The van der Waals surface area contributed by atoms with Crippen LogP contribution in [0.5, 0.6) is 0 Å². The highest BCUT2D eigenvalue weighted by molar-refractivity contribution is 7.27. The van der Waals surface area contributed by atoms with E-state index in [-0.39, 0.29) is 0 Å². The Bertz CT molecular complexity index is 4130. The van der Waals surface area contributed by atoms with Crippen molar-refractivity contribution >= 4 is 160 Å². The zero-order chi connectivity index (χ0) is 39.5. The minimum absolute atomic E-state index is 0.909. The van der Waals surface area contributed by atoms with Crippen molar-refractivity contribution in [2.45, 2.75) is 0 Å². The molecule has 5 heteroatoms. The number of furan rings is 2. The zero-order valence-electron chi connectivity index (χ0n) is 32.2. The van der Waals surface area contributed by atoms with Crippen molar-refractivity contribution in [1.29, 1.82) is 0 Å². The molecule has 0 aliphatic carbocycles. The lowest BCUT2D eigenvalue weighted by molar-refractivity contribution is 0.669. The zero-order valence-corrected chi connectivity index (χ0v) is 34.7. The molecular weight excluding hydrogens is 801 g/mol. The molecular formula is C56H28O2S3. The van der Waals surface area contributed by atoms with Gasteiger partial charge in [0.1, 0.15) is 22.3 Å². The Hall–Kier alpha value is -7.02. The number of rotatable bonds is 2. The Balaban J connectivity index is 1.14. The third kappa shape index (κ3) is 4.40. The maximum absolute atomic E-state index is 6.64. The van der Waals surface area contributed by atoms with Gasteiger partial charge in [-0.25, -0.2) is 0 Å². The Morgan fingerprint density at radius 2 is 0.672 bits per heavy atom. The number of para-hydroxylation sites is 2. The number of hydrogen-bond acceptors (Lipinski definition) is 5. The first-order chi connectivity index (χ1) is 30.2. The highest BCUT2D eigenvalue weighted by Gasteiger charge is 2.23.